The van der Waals surface area contributed by atoms with E-state index in [2.05, 4.69) is 15.5 Å². The highest BCUT2D eigenvalue weighted by Gasteiger charge is 2.35. The maximum atomic E-state index is 13.2. The van der Waals surface area contributed by atoms with Crippen LogP contribution in [0.2, 0.25) is 10.2 Å². The number of nitrogens with zero attached hydrogens (tertiary/aromatic N) is 2. The minimum Gasteiger partial charge on any atom is -0.506 e. The third-order valence-electron chi connectivity index (χ3n) is 3.73. The fourth-order valence-corrected chi connectivity index (χ4v) is 2.82. The second kappa shape index (κ2) is 8.26. The van der Waals surface area contributed by atoms with Gasteiger partial charge in [-0.15, -0.1) is 10.2 Å². The number of carbonyl (C=O) groups excluding carboxylic acids is 1. The first kappa shape index (κ1) is 21.2. The Balaban J connectivity index is 2.06. The van der Waals surface area contributed by atoms with E-state index in [-0.39, 0.29) is 29.6 Å². The van der Waals surface area contributed by atoms with Crippen molar-refractivity contribution in [1.82, 2.24) is 10.2 Å². The smallest absolute Gasteiger partial charge is 0.420 e. The molecule has 0 aliphatic carbocycles. The van der Waals surface area contributed by atoms with Crippen LogP contribution < -0.4 is 5.32 Å². The van der Waals surface area contributed by atoms with Crippen LogP contribution in [0.5, 0.6) is 5.75 Å². The lowest BCUT2D eigenvalue weighted by Gasteiger charge is -2.14. The van der Waals surface area contributed by atoms with Gasteiger partial charge in [0.05, 0.1) is 5.02 Å². The summed E-state index contributed by atoms with van der Waals surface area (Å²) in [6, 6.07) is 2.70. The Bertz CT molecular complexity index is 862. The van der Waals surface area contributed by atoms with Gasteiger partial charge in [-0.2, -0.15) is 17.6 Å². The van der Waals surface area contributed by atoms with Crippen LogP contribution in [0, 0.1) is 5.95 Å². The molecule has 2 aromatic rings. The highest BCUT2D eigenvalue weighted by Crippen LogP contribution is 2.41. The summed E-state index contributed by atoms with van der Waals surface area (Å²) in [5.41, 5.74) is -1.20. The molecule has 27 heavy (non-hydrogen) atoms. The van der Waals surface area contributed by atoms with E-state index in [0.29, 0.717) is 11.6 Å². The van der Waals surface area contributed by atoms with Crippen molar-refractivity contribution in [3.8, 4) is 5.75 Å². The van der Waals surface area contributed by atoms with Crippen molar-refractivity contribution in [3.05, 3.63) is 45.4 Å². The number of hydrogen-bond donors (Lipinski definition) is 2. The molecular weight excluding hydrogens is 413 g/mol. The number of amides is 1. The van der Waals surface area contributed by atoms with E-state index in [0.717, 1.165) is 12.1 Å². The summed E-state index contributed by atoms with van der Waals surface area (Å²) < 4.78 is 51.8. The van der Waals surface area contributed by atoms with E-state index in [4.69, 9.17) is 23.2 Å². The van der Waals surface area contributed by atoms with Gasteiger partial charge >= 0.3 is 6.18 Å². The molecule has 0 saturated heterocycles. The molecule has 5 nitrogen and oxygen atoms in total. The molecule has 146 valence electrons. The Morgan fingerprint density at radius 3 is 2.56 bits per heavy atom. The molecule has 0 radical (unpaired) electrons. The second-order valence-corrected chi connectivity index (χ2v) is 6.52. The SMILES string of the molecule is CC(CCC(=O)Nc1cc(Cl)c(O)c(C(F)(F)F)c1)c1cc(F)nnc1Cl. The maximum Gasteiger partial charge on any atom is 0.420 e. The molecule has 2 N–H and O–H groups in total. The number of anilines is 1. The second-order valence-electron chi connectivity index (χ2n) is 5.75. The molecule has 1 amide bonds. The summed E-state index contributed by atoms with van der Waals surface area (Å²) in [4.78, 5) is 12.0. The summed E-state index contributed by atoms with van der Waals surface area (Å²) in [5, 5.41) is 17.8. The van der Waals surface area contributed by atoms with Gasteiger partial charge in [0.25, 0.3) is 0 Å². The molecule has 1 unspecified atom stereocenters. The van der Waals surface area contributed by atoms with E-state index in [1.54, 1.807) is 6.92 Å². The Kier molecular flexibility index (Phi) is 6.48. The van der Waals surface area contributed by atoms with Gasteiger partial charge in [-0.05, 0) is 30.0 Å². The van der Waals surface area contributed by atoms with Crippen molar-refractivity contribution in [2.75, 3.05) is 5.32 Å². The van der Waals surface area contributed by atoms with Crippen LogP contribution in [-0.2, 0) is 11.0 Å². The van der Waals surface area contributed by atoms with Crippen LogP contribution in [0.1, 0.15) is 36.8 Å². The average Bonchev–Trinajstić information content (AvgIpc) is 2.57. The first-order chi connectivity index (χ1) is 12.5. The van der Waals surface area contributed by atoms with Crippen molar-refractivity contribution < 1.29 is 27.5 Å². The number of aromatic nitrogens is 2. The number of hydrogen-bond acceptors (Lipinski definition) is 4. The summed E-state index contributed by atoms with van der Waals surface area (Å²) in [6.45, 7) is 1.69. The summed E-state index contributed by atoms with van der Waals surface area (Å²) in [7, 11) is 0. The molecule has 0 bridgehead atoms. The largest absolute Gasteiger partial charge is 0.506 e. The van der Waals surface area contributed by atoms with Crippen LogP contribution in [-0.4, -0.2) is 21.2 Å². The Morgan fingerprint density at radius 2 is 1.93 bits per heavy atom. The van der Waals surface area contributed by atoms with E-state index in [9.17, 15) is 27.5 Å². The summed E-state index contributed by atoms with van der Waals surface area (Å²) in [5.74, 6) is -2.86. The maximum absolute atomic E-state index is 13.2. The predicted molar refractivity (Wildman–Crippen MR) is 91.4 cm³/mol. The topological polar surface area (TPSA) is 75.1 Å². The summed E-state index contributed by atoms with van der Waals surface area (Å²) in [6.07, 6.45) is -4.69. The molecule has 0 aliphatic rings. The number of halogens is 6. The van der Waals surface area contributed by atoms with E-state index in [1.807, 2.05) is 0 Å². The molecule has 0 aliphatic heterocycles. The van der Waals surface area contributed by atoms with Gasteiger partial charge in [0.15, 0.2) is 5.15 Å². The highest BCUT2D eigenvalue weighted by atomic mass is 35.5. The van der Waals surface area contributed by atoms with Crippen molar-refractivity contribution >= 4 is 34.8 Å². The van der Waals surface area contributed by atoms with Gasteiger partial charge in [0.1, 0.15) is 11.3 Å². The van der Waals surface area contributed by atoms with Gasteiger partial charge in [0.2, 0.25) is 11.9 Å². The predicted octanol–water partition coefficient (Wildman–Crippen LogP) is 5.17. The number of carbonyl (C=O) groups is 1. The molecule has 1 heterocycles. The third kappa shape index (κ3) is 5.43. The quantitative estimate of drug-likeness (QED) is 0.511. The van der Waals surface area contributed by atoms with Gasteiger partial charge in [-0.1, -0.05) is 30.1 Å². The van der Waals surface area contributed by atoms with Crippen molar-refractivity contribution in [3.63, 3.8) is 0 Å². The van der Waals surface area contributed by atoms with Crippen LogP contribution >= 0.6 is 23.2 Å². The molecule has 1 aromatic heterocycles. The van der Waals surface area contributed by atoms with E-state index >= 15 is 0 Å². The van der Waals surface area contributed by atoms with Crippen LogP contribution in [0.25, 0.3) is 0 Å². The molecule has 11 heteroatoms. The Hall–Kier alpha value is -2.13. The van der Waals surface area contributed by atoms with Crippen LogP contribution in [0.3, 0.4) is 0 Å². The fourth-order valence-electron chi connectivity index (χ4n) is 2.33. The summed E-state index contributed by atoms with van der Waals surface area (Å²) >= 11 is 11.4. The average molecular weight is 426 g/mol. The van der Waals surface area contributed by atoms with Crippen molar-refractivity contribution in [2.45, 2.75) is 31.9 Å². The number of benzene rings is 1. The number of nitrogens with one attached hydrogen (secondary N) is 1. The standard InChI is InChI=1S/C16H13Cl2F4N3O2/c1-7(9-6-12(19)24-25-15(9)18)2-3-13(26)23-8-4-10(16(20,21)22)14(27)11(17)5-8/h4-7,27H,2-3H2,1H3,(H,23,26). The van der Waals surface area contributed by atoms with Gasteiger partial charge in [0, 0.05) is 18.2 Å². The minimum atomic E-state index is -4.84. The third-order valence-corrected chi connectivity index (χ3v) is 4.32. The van der Waals surface area contributed by atoms with Gasteiger partial charge in [-0.3, -0.25) is 4.79 Å². The van der Waals surface area contributed by atoms with Gasteiger partial charge in [-0.25, -0.2) is 0 Å². The fraction of sp³-hybridized carbons (Fsp3) is 0.312. The zero-order chi connectivity index (χ0) is 20.4. The molecule has 0 spiro atoms. The molecule has 0 fully saturated rings. The number of phenolic OH excluding ortho intramolecular Hbond substituents is 1. The number of rotatable bonds is 5. The lowest BCUT2D eigenvalue weighted by molar-refractivity contribution is -0.138. The minimum absolute atomic E-state index is 0.00411. The van der Waals surface area contributed by atoms with Gasteiger partial charge < -0.3 is 10.4 Å². The Morgan fingerprint density at radius 1 is 1.26 bits per heavy atom. The normalized spacial score (nSPS) is 12.7. The van der Waals surface area contributed by atoms with Crippen LogP contribution in [0.4, 0.5) is 23.2 Å². The lowest BCUT2D eigenvalue weighted by Crippen LogP contribution is -2.14. The highest BCUT2D eigenvalue weighted by molar-refractivity contribution is 6.32. The molecular formula is C16H13Cl2F4N3O2. The number of phenols is 1. The van der Waals surface area contributed by atoms with Crippen LogP contribution in [0.15, 0.2) is 18.2 Å². The molecule has 1 atom stereocenters. The monoisotopic (exact) mass is 425 g/mol. The number of aromatic hydroxyl groups is 1. The number of alkyl halides is 3. The van der Waals surface area contributed by atoms with Crippen molar-refractivity contribution in [1.29, 1.82) is 0 Å². The molecule has 1 aromatic carbocycles. The zero-order valence-electron chi connectivity index (χ0n) is 13.7. The molecule has 2 rings (SSSR count). The molecule has 0 saturated carbocycles. The van der Waals surface area contributed by atoms with E-state index < -0.39 is 34.4 Å². The first-order valence-electron chi connectivity index (χ1n) is 7.57. The zero-order valence-corrected chi connectivity index (χ0v) is 15.3. The first-order valence-corrected chi connectivity index (χ1v) is 8.32. The van der Waals surface area contributed by atoms with E-state index in [1.165, 1.54) is 0 Å². The van der Waals surface area contributed by atoms with Crippen molar-refractivity contribution in [2.24, 2.45) is 0 Å². The Labute approximate surface area is 161 Å². The lowest BCUT2D eigenvalue weighted by atomic mass is 9.98.